The number of hydrogen-bond donors (Lipinski definition) is 1. The van der Waals surface area contributed by atoms with Gasteiger partial charge in [0.05, 0.1) is 5.38 Å². The van der Waals surface area contributed by atoms with E-state index in [9.17, 15) is 17.2 Å². The van der Waals surface area contributed by atoms with Crippen molar-refractivity contribution in [3.05, 3.63) is 65.7 Å². The van der Waals surface area contributed by atoms with Crippen molar-refractivity contribution in [1.29, 1.82) is 0 Å². The molecule has 0 amide bonds. The van der Waals surface area contributed by atoms with Crippen LogP contribution < -0.4 is 4.72 Å². The molecule has 7 heteroatoms. The van der Waals surface area contributed by atoms with Crippen LogP contribution >= 0.6 is 11.6 Å². The molecule has 2 aromatic rings. The van der Waals surface area contributed by atoms with Gasteiger partial charge in [0.2, 0.25) is 10.0 Å². The van der Waals surface area contributed by atoms with Gasteiger partial charge in [0.1, 0.15) is 16.5 Å². The van der Waals surface area contributed by atoms with Gasteiger partial charge in [-0.05, 0) is 17.7 Å². The van der Waals surface area contributed by atoms with Crippen LogP contribution in [-0.2, 0) is 10.0 Å². The lowest BCUT2D eigenvalue weighted by Gasteiger charge is -2.12. The van der Waals surface area contributed by atoms with Crippen molar-refractivity contribution in [2.75, 3.05) is 6.54 Å². The first kappa shape index (κ1) is 15.9. The molecule has 0 aliphatic carbocycles. The van der Waals surface area contributed by atoms with Crippen LogP contribution in [-0.4, -0.2) is 15.0 Å². The highest BCUT2D eigenvalue weighted by Crippen LogP contribution is 2.21. The SMILES string of the molecule is O=S(=O)(NCC(Cl)c1ccccc1)c1ccc(F)cc1F. The minimum Gasteiger partial charge on any atom is -0.209 e. The first-order valence-corrected chi connectivity index (χ1v) is 7.96. The smallest absolute Gasteiger partial charge is 0.209 e. The van der Waals surface area contributed by atoms with Crippen LogP contribution in [0.5, 0.6) is 0 Å². The second kappa shape index (κ2) is 6.51. The van der Waals surface area contributed by atoms with E-state index in [-0.39, 0.29) is 6.54 Å². The maximum Gasteiger partial charge on any atom is 0.243 e. The molecule has 1 N–H and O–H groups in total. The van der Waals surface area contributed by atoms with Crippen LogP contribution in [0.25, 0.3) is 0 Å². The van der Waals surface area contributed by atoms with E-state index >= 15 is 0 Å². The summed E-state index contributed by atoms with van der Waals surface area (Å²) in [7, 11) is -4.09. The minimum atomic E-state index is -4.09. The van der Waals surface area contributed by atoms with Crippen molar-refractivity contribution in [2.45, 2.75) is 10.3 Å². The van der Waals surface area contributed by atoms with Gasteiger partial charge >= 0.3 is 0 Å². The monoisotopic (exact) mass is 331 g/mol. The molecular weight excluding hydrogens is 320 g/mol. The summed E-state index contributed by atoms with van der Waals surface area (Å²) in [5, 5.41) is -0.593. The first-order valence-electron chi connectivity index (χ1n) is 6.04. The average molecular weight is 332 g/mol. The van der Waals surface area contributed by atoms with Crippen molar-refractivity contribution in [1.82, 2.24) is 4.72 Å². The van der Waals surface area contributed by atoms with E-state index in [1.807, 2.05) is 6.07 Å². The third-order valence-electron chi connectivity index (χ3n) is 2.80. The van der Waals surface area contributed by atoms with Crippen molar-refractivity contribution in [2.24, 2.45) is 0 Å². The summed E-state index contributed by atoms with van der Waals surface area (Å²) in [5.41, 5.74) is 0.737. The Bertz CT molecular complexity index is 723. The lowest BCUT2D eigenvalue weighted by atomic mass is 10.1. The fourth-order valence-electron chi connectivity index (χ4n) is 1.73. The summed E-state index contributed by atoms with van der Waals surface area (Å²) in [6, 6.07) is 11.1. The van der Waals surface area contributed by atoms with Gasteiger partial charge in [-0.3, -0.25) is 0 Å². The fourth-order valence-corrected chi connectivity index (χ4v) is 3.15. The Morgan fingerprint density at radius 2 is 1.76 bits per heavy atom. The van der Waals surface area contributed by atoms with Gasteiger partial charge in [0.15, 0.2) is 0 Å². The average Bonchev–Trinajstić information content (AvgIpc) is 2.45. The first-order chi connectivity index (χ1) is 9.90. The van der Waals surface area contributed by atoms with E-state index in [2.05, 4.69) is 4.72 Å². The summed E-state index contributed by atoms with van der Waals surface area (Å²) in [4.78, 5) is -0.610. The van der Waals surface area contributed by atoms with Crippen LogP contribution in [0.3, 0.4) is 0 Å². The molecule has 0 aliphatic rings. The Hall–Kier alpha value is -1.50. The van der Waals surface area contributed by atoms with E-state index in [1.54, 1.807) is 24.3 Å². The van der Waals surface area contributed by atoms with Gasteiger partial charge in [-0.2, -0.15) is 0 Å². The standard InChI is InChI=1S/C14H12ClF2NO2S/c15-12(10-4-2-1-3-5-10)9-18-21(19,20)14-7-6-11(16)8-13(14)17/h1-8,12,18H,9H2. The largest absolute Gasteiger partial charge is 0.243 e. The Morgan fingerprint density at radius 1 is 1.10 bits per heavy atom. The number of benzene rings is 2. The van der Waals surface area contributed by atoms with Gasteiger partial charge < -0.3 is 0 Å². The Balaban J connectivity index is 2.11. The van der Waals surface area contributed by atoms with Crippen LogP contribution in [0.15, 0.2) is 53.4 Å². The molecule has 2 rings (SSSR count). The van der Waals surface area contributed by atoms with Crippen molar-refractivity contribution in [3.63, 3.8) is 0 Å². The molecule has 3 nitrogen and oxygen atoms in total. The number of halogens is 3. The minimum absolute atomic E-state index is 0.106. The zero-order valence-electron chi connectivity index (χ0n) is 10.8. The fraction of sp³-hybridized carbons (Fsp3) is 0.143. The summed E-state index contributed by atoms with van der Waals surface area (Å²) >= 11 is 6.08. The number of nitrogens with one attached hydrogen (secondary N) is 1. The highest BCUT2D eigenvalue weighted by atomic mass is 35.5. The molecular formula is C14H12ClF2NO2S. The quantitative estimate of drug-likeness (QED) is 0.855. The maximum atomic E-state index is 13.5. The predicted octanol–water partition coefficient (Wildman–Crippen LogP) is 3.22. The van der Waals surface area contributed by atoms with Crippen molar-refractivity contribution in [3.8, 4) is 0 Å². The summed E-state index contributed by atoms with van der Waals surface area (Å²) in [6.07, 6.45) is 0. The van der Waals surface area contributed by atoms with E-state index in [1.165, 1.54) is 0 Å². The van der Waals surface area contributed by atoms with Gasteiger partial charge in [0.25, 0.3) is 0 Å². The Kier molecular flexibility index (Phi) is 4.92. The van der Waals surface area contributed by atoms with Gasteiger partial charge in [-0.15, -0.1) is 11.6 Å². The Morgan fingerprint density at radius 3 is 2.38 bits per heavy atom. The molecule has 21 heavy (non-hydrogen) atoms. The highest BCUT2D eigenvalue weighted by molar-refractivity contribution is 7.89. The van der Waals surface area contributed by atoms with Crippen molar-refractivity contribution < 1.29 is 17.2 Å². The molecule has 0 saturated heterocycles. The van der Waals surface area contributed by atoms with Crippen molar-refractivity contribution >= 4 is 21.6 Å². The zero-order chi connectivity index (χ0) is 15.5. The van der Waals surface area contributed by atoms with E-state index < -0.39 is 31.9 Å². The molecule has 2 aromatic carbocycles. The lowest BCUT2D eigenvalue weighted by molar-refractivity contribution is 0.543. The van der Waals surface area contributed by atoms with Gasteiger partial charge in [0, 0.05) is 12.6 Å². The molecule has 0 bridgehead atoms. The second-order valence-electron chi connectivity index (χ2n) is 4.30. The topological polar surface area (TPSA) is 46.2 Å². The number of rotatable bonds is 5. The molecule has 0 heterocycles. The molecule has 1 atom stereocenters. The van der Waals surface area contributed by atoms with Crippen LogP contribution in [0.4, 0.5) is 8.78 Å². The second-order valence-corrected chi connectivity index (χ2v) is 6.57. The van der Waals surface area contributed by atoms with Crippen LogP contribution in [0.1, 0.15) is 10.9 Å². The molecule has 0 saturated carbocycles. The molecule has 0 spiro atoms. The van der Waals surface area contributed by atoms with Crippen LogP contribution in [0.2, 0.25) is 0 Å². The van der Waals surface area contributed by atoms with Gasteiger partial charge in [-0.1, -0.05) is 30.3 Å². The van der Waals surface area contributed by atoms with E-state index in [0.29, 0.717) is 6.07 Å². The molecule has 112 valence electrons. The maximum absolute atomic E-state index is 13.5. The Labute approximate surface area is 126 Å². The van der Waals surface area contributed by atoms with E-state index in [0.717, 1.165) is 17.7 Å². The summed E-state index contributed by atoms with van der Waals surface area (Å²) < 4.78 is 52.4. The molecule has 0 aliphatic heterocycles. The van der Waals surface area contributed by atoms with E-state index in [4.69, 9.17) is 11.6 Å². The van der Waals surface area contributed by atoms with Gasteiger partial charge in [-0.25, -0.2) is 21.9 Å². The predicted molar refractivity (Wildman–Crippen MR) is 76.6 cm³/mol. The number of hydrogen-bond acceptors (Lipinski definition) is 2. The molecule has 0 radical (unpaired) electrons. The molecule has 0 fully saturated rings. The lowest BCUT2D eigenvalue weighted by Crippen LogP contribution is -2.27. The molecule has 0 aromatic heterocycles. The third kappa shape index (κ3) is 4.00. The number of sulfonamides is 1. The summed E-state index contributed by atoms with van der Waals surface area (Å²) in [5.74, 6) is -1.99. The normalized spacial score (nSPS) is 13.1. The third-order valence-corrected chi connectivity index (χ3v) is 4.66. The van der Waals surface area contributed by atoms with Crippen LogP contribution in [0, 0.1) is 11.6 Å². The highest BCUT2D eigenvalue weighted by Gasteiger charge is 2.20. The summed E-state index contributed by atoms with van der Waals surface area (Å²) in [6.45, 7) is -0.106. The number of alkyl halides is 1. The zero-order valence-corrected chi connectivity index (χ0v) is 12.3. The molecule has 1 unspecified atom stereocenters.